The van der Waals surface area contributed by atoms with Gasteiger partial charge in [0.05, 0.1) is 12.3 Å². The molecule has 0 bridgehead atoms. The summed E-state index contributed by atoms with van der Waals surface area (Å²) in [4.78, 5) is 0. The molecule has 0 fully saturated rings. The quantitative estimate of drug-likeness (QED) is 0.525. The lowest BCUT2D eigenvalue weighted by Gasteiger charge is -2.07. The second-order valence-corrected chi connectivity index (χ2v) is 6.32. The fourth-order valence-corrected chi connectivity index (χ4v) is 2.95. The molecule has 6 nitrogen and oxygen atoms in total. The number of phenols is 1. The van der Waals surface area contributed by atoms with Gasteiger partial charge in [0, 0.05) is 5.75 Å². The highest BCUT2D eigenvalue weighted by Gasteiger charge is 2.08. The van der Waals surface area contributed by atoms with Gasteiger partial charge >= 0.3 is 0 Å². The van der Waals surface area contributed by atoms with E-state index >= 15 is 0 Å². The minimum atomic E-state index is 0.217. The molecule has 1 N–H and O–H groups in total. The second kappa shape index (κ2) is 7.83. The Morgan fingerprint density at radius 3 is 2.79 bits per heavy atom. The van der Waals surface area contributed by atoms with Crippen molar-refractivity contribution in [2.24, 2.45) is 0 Å². The number of thioether (sulfide) groups is 1. The molecule has 24 heavy (non-hydrogen) atoms. The standard InChI is InChI=1S/C17H18N4O2S/c1-13-4-2-5-16(12-13)23-10-3-11-24-17-18-19-20-21(17)14-6-8-15(22)9-7-14/h2,4-9,12,22H,3,10-11H2,1H3. The van der Waals surface area contributed by atoms with Crippen LogP contribution in [0.2, 0.25) is 0 Å². The van der Waals surface area contributed by atoms with E-state index in [4.69, 9.17) is 4.74 Å². The Morgan fingerprint density at radius 2 is 2.00 bits per heavy atom. The van der Waals surface area contributed by atoms with Gasteiger partial charge in [0.2, 0.25) is 5.16 Å². The summed E-state index contributed by atoms with van der Waals surface area (Å²) in [6.45, 7) is 2.70. The van der Waals surface area contributed by atoms with Crippen molar-refractivity contribution in [1.29, 1.82) is 0 Å². The molecule has 2 aromatic carbocycles. The Kier molecular flexibility index (Phi) is 5.32. The fourth-order valence-electron chi connectivity index (χ4n) is 2.14. The largest absolute Gasteiger partial charge is 0.508 e. The number of phenolic OH excluding ortho intramolecular Hbond substituents is 1. The number of hydrogen-bond donors (Lipinski definition) is 1. The van der Waals surface area contributed by atoms with Crippen LogP contribution in [0.25, 0.3) is 5.69 Å². The van der Waals surface area contributed by atoms with Crippen LogP contribution < -0.4 is 4.74 Å². The summed E-state index contributed by atoms with van der Waals surface area (Å²) >= 11 is 1.58. The van der Waals surface area contributed by atoms with Crippen LogP contribution >= 0.6 is 11.8 Å². The maximum atomic E-state index is 9.36. The van der Waals surface area contributed by atoms with Gasteiger partial charge in [-0.1, -0.05) is 23.9 Å². The average Bonchev–Trinajstić information content (AvgIpc) is 3.04. The van der Waals surface area contributed by atoms with Crippen LogP contribution in [-0.2, 0) is 0 Å². The molecule has 0 amide bonds. The van der Waals surface area contributed by atoms with Gasteiger partial charge in [-0.15, -0.1) is 5.10 Å². The minimum absolute atomic E-state index is 0.217. The molecule has 0 saturated heterocycles. The third-order valence-electron chi connectivity index (χ3n) is 3.31. The van der Waals surface area contributed by atoms with Crippen LogP contribution in [0.3, 0.4) is 0 Å². The van der Waals surface area contributed by atoms with Crippen molar-refractivity contribution < 1.29 is 9.84 Å². The molecule has 1 aromatic heterocycles. The van der Waals surface area contributed by atoms with Crippen LogP contribution in [0.4, 0.5) is 0 Å². The Morgan fingerprint density at radius 1 is 1.17 bits per heavy atom. The third-order valence-corrected chi connectivity index (χ3v) is 4.32. The van der Waals surface area contributed by atoms with Crippen molar-refractivity contribution in [3.05, 3.63) is 54.1 Å². The summed E-state index contributed by atoms with van der Waals surface area (Å²) in [6.07, 6.45) is 0.890. The number of nitrogens with zero attached hydrogens (tertiary/aromatic N) is 4. The summed E-state index contributed by atoms with van der Waals surface area (Å²) in [5.74, 6) is 1.97. The Bertz CT molecular complexity index is 789. The molecule has 3 aromatic rings. The SMILES string of the molecule is Cc1cccc(OCCCSc2nnnn2-c2ccc(O)cc2)c1. The molecule has 3 rings (SSSR count). The number of aryl methyl sites for hydroxylation is 1. The van der Waals surface area contributed by atoms with E-state index in [0.717, 1.165) is 28.8 Å². The van der Waals surface area contributed by atoms with Crippen molar-refractivity contribution in [1.82, 2.24) is 20.2 Å². The normalized spacial score (nSPS) is 10.7. The highest BCUT2D eigenvalue weighted by atomic mass is 32.2. The highest BCUT2D eigenvalue weighted by Crippen LogP contribution is 2.20. The van der Waals surface area contributed by atoms with Gasteiger partial charge in [-0.2, -0.15) is 4.68 Å². The lowest BCUT2D eigenvalue weighted by Crippen LogP contribution is -2.01. The molecule has 124 valence electrons. The first-order valence-electron chi connectivity index (χ1n) is 7.62. The molecule has 0 aliphatic heterocycles. The number of ether oxygens (including phenoxy) is 1. The molecule has 0 unspecified atom stereocenters. The van der Waals surface area contributed by atoms with Crippen molar-refractivity contribution >= 4 is 11.8 Å². The first-order chi connectivity index (χ1) is 11.7. The lowest BCUT2D eigenvalue weighted by atomic mass is 10.2. The summed E-state index contributed by atoms with van der Waals surface area (Å²) < 4.78 is 7.39. The van der Waals surface area contributed by atoms with Crippen LogP contribution in [0.15, 0.2) is 53.7 Å². The number of aromatic hydroxyl groups is 1. The molecule has 0 radical (unpaired) electrons. The maximum Gasteiger partial charge on any atom is 0.214 e. The van der Waals surface area contributed by atoms with Gasteiger partial charge in [0.25, 0.3) is 0 Å². The van der Waals surface area contributed by atoms with Crippen molar-refractivity contribution in [3.8, 4) is 17.2 Å². The van der Waals surface area contributed by atoms with E-state index in [2.05, 4.69) is 15.5 Å². The van der Waals surface area contributed by atoms with Gasteiger partial charge in [-0.3, -0.25) is 0 Å². The number of benzene rings is 2. The van der Waals surface area contributed by atoms with E-state index in [-0.39, 0.29) is 5.75 Å². The zero-order valence-corrected chi connectivity index (χ0v) is 14.1. The lowest BCUT2D eigenvalue weighted by molar-refractivity contribution is 0.318. The number of rotatable bonds is 7. The molecule has 0 atom stereocenters. The molecule has 0 aliphatic rings. The van der Waals surface area contributed by atoms with Crippen LogP contribution in [0.5, 0.6) is 11.5 Å². The van der Waals surface area contributed by atoms with Crippen molar-refractivity contribution in [2.75, 3.05) is 12.4 Å². The van der Waals surface area contributed by atoms with E-state index < -0.39 is 0 Å². The van der Waals surface area contributed by atoms with E-state index in [9.17, 15) is 5.11 Å². The number of tetrazole rings is 1. The van der Waals surface area contributed by atoms with Gasteiger partial charge in [0.15, 0.2) is 0 Å². The Labute approximate surface area is 144 Å². The zero-order valence-electron chi connectivity index (χ0n) is 13.3. The number of aromatic nitrogens is 4. The topological polar surface area (TPSA) is 73.1 Å². The molecule has 0 saturated carbocycles. The van der Waals surface area contributed by atoms with Gasteiger partial charge in [0.1, 0.15) is 11.5 Å². The van der Waals surface area contributed by atoms with E-state index in [1.807, 2.05) is 31.2 Å². The Hall–Kier alpha value is -2.54. The zero-order chi connectivity index (χ0) is 16.8. The predicted octanol–water partition coefficient (Wildman–Crippen LogP) is 3.24. The van der Waals surface area contributed by atoms with E-state index in [1.54, 1.807) is 40.7 Å². The van der Waals surface area contributed by atoms with Crippen LogP contribution in [-0.4, -0.2) is 37.7 Å². The van der Waals surface area contributed by atoms with Gasteiger partial charge in [-0.05, 0) is 65.7 Å². The summed E-state index contributed by atoms with van der Waals surface area (Å²) in [7, 11) is 0. The van der Waals surface area contributed by atoms with Crippen molar-refractivity contribution in [3.63, 3.8) is 0 Å². The molecule has 0 spiro atoms. The first-order valence-corrected chi connectivity index (χ1v) is 8.61. The van der Waals surface area contributed by atoms with Crippen LogP contribution in [0, 0.1) is 6.92 Å². The summed E-state index contributed by atoms with van der Waals surface area (Å²) in [6, 6.07) is 14.8. The summed E-state index contributed by atoms with van der Waals surface area (Å²) in [5.41, 5.74) is 2.01. The molecule has 0 aliphatic carbocycles. The van der Waals surface area contributed by atoms with Gasteiger partial charge in [-0.25, -0.2) is 0 Å². The monoisotopic (exact) mass is 342 g/mol. The average molecular weight is 342 g/mol. The molecule has 1 heterocycles. The smallest absolute Gasteiger partial charge is 0.214 e. The molecule has 7 heteroatoms. The predicted molar refractivity (Wildman–Crippen MR) is 92.8 cm³/mol. The van der Waals surface area contributed by atoms with Gasteiger partial charge < -0.3 is 9.84 Å². The Balaban J connectivity index is 1.49. The van der Waals surface area contributed by atoms with E-state index in [0.29, 0.717) is 6.61 Å². The second-order valence-electron chi connectivity index (χ2n) is 5.26. The fraction of sp³-hybridized carbons (Fsp3) is 0.235. The van der Waals surface area contributed by atoms with E-state index in [1.165, 1.54) is 5.56 Å². The molecular formula is C17H18N4O2S. The number of hydrogen-bond acceptors (Lipinski definition) is 6. The summed E-state index contributed by atoms with van der Waals surface area (Å²) in [5, 5.41) is 21.8. The minimum Gasteiger partial charge on any atom is -0.508 e. The van der Waals surface area contributed by atoms with Crippen LogP contribution in [0.1, 0.15) is 12.0 Å². The maximum absolute atomic E-state index is 9.36. The first kappa shape index (κ1) is 16.3. The molecular weight excluding hydrogens is 324 g/mol. The third kappa shape index (κ3) is 4.26. The van der Waals surface area contributed by atoms with Crippen molar-refractivity contribution in [2.45, 2.75) is 18.5 Å². The highest BCUT2D eigenvalue weighted by molar-refractivity contribution is 7.99.